The summed E-state index contributed by atoms with van der Waals surface area (Å²) in [5.74, 6) is 1.14. The Morgan fingerprint density at radius 3 is 2.13 bits per heavy atom. The summed E-state index contributed by atoms with van der Waals surface area (Å²) in [4.78, 5) is 0. The molecule has 0 saturated heterocycles. The van der Waals surface area contributed by atoms with E-state index < -0.39 is 0 Å². The first kappa shape index (κ1) is 10.7. The van der Waals surface area contributed by atoms with Crippen LogP contribution in [0.4, 0.5) is 0 Å². The third-order valence-corrected chi connectivity index (χ3v) is 3.73. The van der Waals surface area contributed by atoms with Gasteiger partial charge in [0.05, 0.1) is 0 Å². The van der Waals surface area contributed by atoms with Crippen molar-refractivity contribution < 1.29 is 0 Å². The van der Waals surface area contributed by atoms with Crippen molar-refractivity contribution in [1.29, 1.82) is 0 Å². The van der Waals surface area contributed by atoms with Crippen LogP contribution in [0.15, 0.2) is 30.3 Å². The lowest BCUT2D eigenvalue weighted by Crippen LogP contribution is -2.53. The van der Waals surface area contributed by atoms with Crippen LogP contribution < -0.4 is 5.73 Å². The van der Waals surface area contributed by atoms with E-state index in [1.54, 1.807) is 0 Å². The molecule has 0 amide bonds. The van der Waals surface area contributed by atoms with E-state index in [-0.39, 0.29) is 5.54 Å². The predicted molar refractivity (Wildman–Crippen MR) is 64.8 cm³/mol. The Morgan fingerprint density at radius 2 is 1.73 bits per heavy atom. The summed E-state index contributed by atoms with van der Waals surface area (Å²) in [5, 5.41) is 0. The quantitative estimate of drug-likeness (QED) is 0.801. The van der Waals surface area contributed by atoms with Gasteiger partial charge >= 0.3 is 0 Å². The van der Waals surface area contributed by atoms with Crippen LogP contribution >= 0.6 is 0 Å². The van der Waals surface area contributed by atoms with Gasteiger partial charge in [-0.3, -0.25) is 0 Å². The zero-order chi connectivity index (χ0) is 10.9. The van der Waals surface area contributed by atoms with Gasteiger partial charge in [0.25, 0.3) is 0 Å². The molecule has 82 valence electrons. The molecule has 1 unspecified atom stereocenters. The minimum absolute atomic E-state index is 0.0650. The van der Waals surface area contributed by atoms with E-state index in [0.717, 1.165) is 0 Å². The Balaban J connectivity index is 2.28. The molecule has 15 heavy (non-hydrogen) atoms. The molecule has 0 bridgehead atoms. The molecule has 1 aromatic carbocycles. The Kier molecular flexibility index (Phi) is 2.83. The number of hydrogen-bond acceptors (Lipinski definition) is 1. The van der Waals surface area contributed by atoms with Crippen LogP contribution in [0.2, 0.25) is 0 Å². The summed E-state index contributed by atoms with van der Waals surface area (Å²) in [6.45, 7) is 4.56. The number of nitrogens with two attached hydrogens (primary N) is 1. The summed E-state index contributed by atoms with van der Waals surface area (Å²) in [6.07, 6.45) is 3.67. The Bertz CT molecular complexity index is 311. The van der Waals surface area contributed by atoms with E-state index in [1.165, 1.54) is 24.8 Å². The van der Waals surface area contributed by atoms with Gasteiger partial charge in [-0.15, -0.1) is 0 Å². The Hall–Kier alpha value is -0.820. The molecular weight excluding hydrogens is 182 g/mol. The molecule has 0 aliphatic heterocycles. The zero-order valence-corrected chi connectivity index (χ0v) is 9.74. The first-order chi connectivity index (χ1) is 7.13. The monoisotopic (exact) mass is 203 g/mol. The smallest absolute Gasteiger partial charge is 0.0226 e. The SMILES string of the molecule is CC(C)C(c1ccccc1)C1(N)CCC1. The highest BCUT2D eigenvalue weighted by Crippen LogP contribution is 2.45. The van der Waals surface area contributed by atoms with Crippen molar-refractivity contribution in [2.24, 2.45) is 11.7 Å². The fourth-order valence-corrected chi connectivity index (χ4v) is 2.94. The fourth-order valence-electron chi connectivity index (χ4n) is 2.94. The molecule has 0 heterocycles. The lowest BCUT2D eigenvalue weighted by atomic mass is 9.63. The maximum atomic E-state index is 6.48. The van der Waals surface area contributed by atoms with Crippen molar-refractivity contribution in [1.82, 2.24) is 0 Å². The van der Waals surface area contributed by atoms with Crippen LogP contribution in [-0.4, -0.2) is 5.54 Å². The van der Waals surface area contributed by atoms with Gasteiger partial charge in [-0.2, -0.15) is 0 Å². The topological polar surface area (TPSA) is 26.0 Å². The summed E-state index contributed by atoms with van der Waals surface area (Å²) in [6, 6.07) is 10.7. The second-order valence-electron chi connectivity index (χ2n) is 5.22. The molecule has 0 aromatic heterocycles. The molecule has 0 spiro atoms. The molecule has 2 N–H and O–H groups in total. The van der Waals surface area contributed by atoms with Gasteiger partial charge in [0.15, 0.2) is 0 Å². The minimum Gasteiger partial charge on any atom is -0.325 e. The van der Waals surface area contributed by atoms with Gasteiger partial charge in [-0.25, -0.2) is 0 Å². The average molecular weight is 203 g/mol. The summed E-state index contributed by atoms with van der Waals surface area (Å²) >= 11 is 0. The molecule has 1 heteroatoms. The fraction of sp³-hybridized carbons (Fsp3) is 0.571. The van der Waals surface area contributed by atoms with E-state index in [0.29, 0.717) is 11.8 Å². The summed E-state index contributed by atoms with van der Waals surface area (Å²) < 4.78 is 0. The van der Waals surface area contributed by atoms with Gasteiger partial charge in [0.2, 0.25) is 0 Å². The average Bonchev–Trinajstić information content (AvgIpc) is 2.16. The van der Waals surface area contributed by atoms with E-state index in [4.69, 9.17) is 5.73 Å². The van der Waals surface area contributed by atoms with Crippen molar-refractivity contribution in [3.63, 3.8) is 0 Å². The van der Waals surface area contributed by atoms with Gasteiger partial charge in [0, 0.05) is 11.5 Å². The second kappa shape index (κ2) is 3.97. The predicted octanol–water partition coefficient (Wildman–Crippen LogP) is 3.31. The molecule has 1 aliphatic rings. The third kappa shape index (κ3) is 1.93. The Labute approximate surface area is 92.7 Å². The van der Waals surface area contributed by atoms with E-state index in [1.807, 2.05) is 0 Å². The van der Waals surface area contributed by atoms with E-state index in [2.05, 4.69) is 44.2 Å². The molecule has 1 nitrogen and oxygen atoms in total. The molecule has 2 rings (SSSR count). The van der Waals surface area contributed by atoms with Crippen molar-refractivity contribution in [2.75, 3.05) is 0 Å². The van der Waals surface area contributed by atoms with Crippen LogP contribution in [-0.2, 0) is 0 Å². The van der Waals surface area contributed by atoms with Gasteiger partial charge in [-0.05, 0) is 30.7 Å². The minimum atomic E-state index is 0.0650. The van der Waals surface area contributed by atoms with Gasteiger partial charge in [-0.1, -0.05) is 44.2 Å². The molecule has 0 radical (unpaired) electrons. The third-order valence-electron chi connectivity index (χ3n) is 3.73. The van der Waals surface area contributed by atoms with Crippen molar-refractivity contribution >= 4 is 0 Å². The van der Waals surface area contributed by atoms with Crippen LogP contribution in [0, 0.1) is 5.92 Å². The van der Waals surface area contributed by atoms with Crippen LogP contribution in [0.3, 0.4) is 0 Å². The number of hydrogen-bond donors (Lipinski definition) is 1. The lowest BCUT2D eigenvalue weighted by molar-refractivity contribution is 0.168. The van der Waals surface area contributed by atoms with Crippen molar-refractivity contribution in [3.8, 4) is 0 Å². The highest BCUT2D eigenvalue weighted by Gasteiger charge is 2.42. The van der Waals surface area contributed by atoms with Gasteiger partial charge in [0.1, 0.15) is 0 Å². The highest BCUT2D eigenvalue weighted by atomic mass is 14.8. The summed E-state index contributed by atoms with van der Waals surface area (Å²) in [7, 11) is 0. The molecule has 1 aliphatic carbocycles. The van der Waals surface area contributed by atoms with Crippen LogP contribution in [0.5, 0.6) is 0 Å². The van der Waals surface area contributed by atoms with Gasteiger partial charge < -0.3 is 5.73 Å². The molecule has 1 saturated carbocycles. The summed E-state index contributed by atoms with van der Waals surface area (Å²) in [5.41, 5.74) is 7.96. The maximum Gasteiger partial charge on any atom is 0.0226 e. The maximum absolute atomic E-state index is 6.48. The second-order valence-corrected chi connectivity index (χ2v) is 5.22. The zero-order valence-electron chi connectivity index (χ0n) is 9.74. The molecular formula is C14H21N. The first-order valence-electron chi connectivity index (χ1n) is 5.97. The first-order valence-corrected chi connectivity index (χ1v) is 5.97. The molecule has 1 fully saturated rings. The van der Waals surface area contributed by atoms with Crippen molar-refractivity contribution in [3.05, 3.63) is 35.9 Å². The van der Waals surface area contributed by atoms with Crippen LogP contribution in [0.25, 0.3) is 0 Å². The van der Waals surface area contributed by atoms with Crippen molar-refractivity contribution in [2.45, 2.75) is 44.6 Å². The van der Waals surface area contributed by atoms with E-state index >= 15 is 0 Å². The normalized spacial score (nSPS) is 21.1. The molecule has 1 aromatic rings. The number of rotatable bonds is 3. The largest absolute Gasteiger partial charge is 0.325 e. The highest BCUT2D eigenvalue weighted by molar-refractivity contribution is 5.26. The standard InChI is InChI=1S/C14H21N/c1-11(2)13(14(15)9-6-10-14)12-7-4-3-5-8-12/h3-5,7-8,11,13H,6,9-10,15H2,1-2H3. The number of benzene rings is 1. The van der Waals surface area contributed by atoms with E-state index in [9.17, 15) is 0 Å². The lowest BCUT2D eigenvalue weighted by Gasteiger charge is -2.47. The Morgan fingerprint density at radius 1 is 1.13 bits per heavy atom. The van der Waals surface area contributed by atoms with Crippen LogP contribution in [0.1, 0.15) is 44.6 Å². The molecule has 1 atom stereocenters.